The minimum Gasteiger partial charge on any atom is -0.326 e. The Kier molecular flexibility index (Phi) is 4.39. The van der Waals surface area contributed by atoms with Crippen molar-refractivity contribution >= 4 is 11.8 Å². The fraction of sp³-hybridized carbons (Fsp3) is 0.200. The van der Waals surface area contributed by atoms with Crippen molar-refractivity contribution in [2.24, 2.45) is 5.73 Å². The van der Waals surface area contributed by atoms with Crippen molar-refractivity contribution in [2.75, 3.05) is 0 Å². The molecule has 0 aliphatic heterocycles. The van der Waals surface area contributed by atoms with Crippen LogP contribution in [0.5, 0.6) is 0 Å². The van der Waals surface area contributed by atoms with Gasteiger partial charge in [0.15, 0.2) is 0 Å². The molecular formula is C15H16FNS. The Hall–Kier alpha value is -1.32. The van der Waals surface area contributed by atoms with E-state index < -0.39 is 0 Å². The minimum absolute atomic E-state index is 0.210. The lowest BCUT2D eigenvalue weighted by molar-refractivity contribution is 0.624. The van der Waals surface area contributed by atoms with E-state index in [1.807, 2.05) is 18.2 Å². The monoisotopic (exact) mass is 261 g/mol. The Labute approximate surface area is 111 Å². The second kappa shape index (κ2) is 6.03. The Morgan fingerprint density at radius 3 is 2.56 bits per heavy atom. The van der Waals surface area contributed by atoms with E-state index in [0.29, 0.717) is 6.54 Å². The molecule has 0 fully saturated rings. The van der Waals surface area contributed by atoms with Gasteiger partial charge in [-0.25, -0.2) is 4.39 Å². The van der Waals surface area contributed by atoms with Crippen LogP contribution in [0.1, 0.15) is 16.7 Å². The van der Waals surface area contributed by atoms with Crippen molar-refractivity contribution < 1.29 is 4.39 Å². The summed E-state index contributed by atoms with van der Waals surface area (Å²) in [5.41, 5.74) is 8.61. The first-order valence-corrected chi connectivity index (χ1v) is 6.84. The van der Waals surface area contributed by atoms with Gasteiger partial charge in [0.2, 0.25) is 0 Å². The molecule has 0 aliphatic rings. The standard InChI is InChI=1S/C15H16FNS/c1-11-4-2-3-5-15(11)18-10-13-6-12(9-17)7-14(16)8-13/h2-8H,9-10,17H2,1H3. The SMILES string of the molecule is Cc1ccccc1SCc1cc(F)cc(CN)c1. The second-order valence-corrected chi connectivity index (χ2v) is 5.24. The molecule has 0 heterocycles. The Balaban J connectivity index is 2.11. The van der Waals surface area contributed by atoms with Gasteiger partial charge >= 0.3 is 0 Å². The highest BCUT2D eigenvalue weighted by Crippen LogP contribution is 2.26. The van der Waals surface area contributed by atoms with Crippen molar-refractivity contribution in [3.05, 3.63) is 65.0 Å². The van der Waals surface area contributed by atoms with Crippen LogP contribution < -0.4 is 5.73 Å². The van der Waals surface area contributed by atoms with E-state index in [9.17, 15) is 4.39 Å². The number of aryl methyl sites for hydroxylation is 1. The molecule has 2 aromatic rings. The molecule has 0 saturated heterocycles. The smallest absolute Gasteiger partial charge is 0.123 e. The van der Waals surface area contributed by atoms with Crippen LogP contribution in [-0.4, -0.2) is 0 Å². The highest BCUT2D eigenvalue weighted by Gasteiger charge is 2.02. The van der Waals surface area contributed by atoms with E-state index in [4.69, 9.17) is 5.73 Å². The fourth-order valence-electron chi connectivity index (χ4n) is 1.80. The maximum atomic E-state index is 13.4. The highest BCUT2D eigenvalue weighted by molar-refractivity contribution is 7.98. The molecule has 0 amide bonds. The Morgan fingerprint density at radius 1 is 1.11 bits per heavy atom. The third kappa shape index (κ3) is 3.34. The lowest BCUT2D eigenvalue weighted by Crippen LogP contribution is -1.98. The molecule has 0 saturated carbocycles. The van der Waals surface area contributed by atoms with Gasteiger partial charge in [-0.1, -0.05) is 24.3 Å². The number of nitrogens with two attached hydrogens (primary N) is 1. The Morgan fingerprint density at radius 2 is 1.83 bits per heavy atom. The molecule has 2 N–H and O–H groups in total. The van der Waals surface area contributed by atoms with Crippen molar-refractivity contribution in [2.45, 2.75) is 24.1 Å². The number of rotatable bonds is 4. The average Bonchev–Trinajstić information content (AvgIpc) is 2.37. The number of benzene rings is 2. The summed E-state index contributed by atoms with van der Waals surface area (Å²) in [6.07, 6.45) is 0. The molecule has 0 spiro atoms. The molecule has 0 bridgehead atoms. The van der Waals surface area contributed by atoms with E-state index in [1.54, 1.807) is 17.8 Å². The summed E-state index contributed by atoms with van der Waals surface area (Å²) in [6, 6.07) is 13.2. The predicted octanol–water partition coefficient (Wildman–Crippen LogP) is 3.89. The minimum atomic E-state index is -0.210. The van der Waals surface area contributed by atoms with Crippen molar-refractivity contribution in [3.8, 4) is 0 Å². The van der Waals surface area contributed by atoms with E-state index in [1.165, 1.54) is 16.5 Å². The van der Waals surface area contributed by atoms with Crippen LogP contribution in [0, 0.1) is 12.7 Å². The first-order valence-electron chi connectivity index (χ1n) is 5.86. The summed E-state index contributed by atoms with van der Waals surface area (Å²) in [5.74, 6) is 0.550. The number of hydrogen-bond acceptors (Lipinski definition) is 2. The number of hydrogen-bond donors (Lipinski definition) is 1. The average molecular weight is 261 g/mol. The van der Waals surface area contributed by atoms with Crippen LogP contribution in [-0.2, 0) is 12.3 Å². The molecule has 0 aromatic heterocycles. The van der Waals surface area contributed by atoms with Crippen LogP contribution in [0.25, 0.3) is 0 Å². The summed E-state index contributed by atoms with van der Waals surface area (Å²) in [7, 11) is 0. The second-order valence-electron chi connectivity index (χ2n) is 4.23. The largest absolute Gasteiger partial charge is 0.326 e. The van der Waals surface area contributed by atoms with Crippen molar-refractivity contribution in [1.29, 1.82) is 0 Å². The van der Waals surface area contributed by atoms with Crippen LogP contribution >= 0.6 is 11.8 Å². The molecule has 0 radical (unpaired) electrons. The summed E-state index contributed by atoms with van der Waals surface area (Å²) < 4.78 is 13.4. The van der Waals surface area contributed by atoms with Gasteiger partial charge in [-0.3, -0.25) is 0 Å². The van der Waals surface area contributed by atoms with Crippen molar-refractivity contribution in [3.63, 3.8) is 0 Å². The molecule has 0 atom stereocenters. The van der Waals surface area contributed by atoms with E-state index in [0.717, 1.165) is 16.9 Å². The predicted molar refractivity (Wildman–Crippen MR) is 75.0 cm³/mol. The molecule has 3 heteroatoms. The van der Waals surface area contributed by atoms with Gasteiger partial charge in [0.25, 0.3) is 0 Å². The van der Waals surface area contributed by atoms with Gasteiger partial charge < -0.3 is 5.73 Å². The molecule has 1 nitrogen and oxygen atoms in total. The van der Waals surface area contributed by atoms with E-state index in [2.05, 4.69) is 19.1 Å². The molecule has 0 aliphatic carbocycles. The van der Waals surface area contributed by atoms with Gasteiger partial charge in [-0.05, 0) is 41.8 Å². The number of thioether (sulfide) groups is 1. The zero-order chi connectivity index (χ0) is 13.0. The number of halogens is 1. The quantitative estimate of drug-likeness (QED) is 0.845. The Bertz CT molecular complexity index is 540. The summed E-state index contributed by atoms with van der Waals surface area (Å²) in [4.78, 5) is 1.23. The van der Waals surface area contributed by atoms with Crippen molar-refractivity contribution in [1.82, 2.24) is 0 Å². The normalized spacial score (nSPS) is 10.6. The summed E-state index contributed by atoms with van der Waals surface area (Å²) in [5, 5.41) is 0. The van der Waals surface area contributed by atoms with Crippen LogP contribution in [0.2, 0.25) is 0 Å². The molecule has 0 unspecified atom stereocenters. The summed E-state index contributed by atoms with van der Waals surface area (Å²) >= 11 is 1.72. The lowest BCUT2D eigenvalue weighted by atomic mass is 10.1. The van der Waals surface area contributed by atoms with Gasteiger partial charge in [-0.2, -0.15) is 0 Å². The lowest BCUT2D eigenvalue weighted by Gasteiger charge is -2.07. The van der Waals surface area contributed by atoms with E-state index in [-0.39, 0.29) is 5.82 Å². The molecule has 18 heavy (non-hydrogen) atoms. The first-order chi connectivity index (χ1) is 8.69. The third-order valence-corrected chi connectivity index (χ3v) is 3.99. The zero-order valence-electron chi connectivity index (χ0n) is 10.3. The molecule has 94 valence electrons. The maximum Gasteiger partial charge on any atom is 0.123 e. The van der Waals surface area contributed by atoms with Gasteiger partial charge in [0.05, 0.1) is 0 Å². The fourth-order valence-corrected chi connectivity index (χ4v) is 2.76. The molecular weight excluding hydrogens is 245 g/mol. The molecule has 2 rings (SSSR count). The van der Waals surface area contributed by atoms with Gasteiger partial charge in [-0.15, -0.1) is 11.8 Å². The van der Waals surface area contributed by atoms with Gasteiger partial charge in [0.1, 0.15) is 5.82 Å². The van der Waals surface area contributed by atoms with E-state index >= 15 is 0 Å². The summed E-state index contributed by atoms with van der Waals surface area (Å²) in [6.45, 7) is 2.46. The van der Waals surface area contributed by atoms with Gasteiger partial charge in [0, 0.05) is 17.2 Å². The maximum absolute atomic E-state index is 13.4. The molecule has 2 aromatic carbocycles. The van der Waals surface area contributed by atoms with Crippen LogP contribution in [0.3, 0.4) is 0 Å². The first kappa shape index (κ1) is 13.1. The topological polar surface area (TPSA) is 26.0 Å². The van der Waals surface area contributed by atoms with Crippen LogP contribution in [0.15, 0.2) is 47.4 Å². The van der Waals surface area contributed by atoms with Crippen LogP contribution in [0.4, 0.5) is 4.39 Å². The highest BCUT2D eigenvalue weighted by atomic mass is 32.2. The third-order valence-electron chi connectivity index (χ3n) is 2.74. The zero-order valence-corrected chi connectivity index (χ0v) is 11.1.